The fraction of sp³-hybridized carbons (Fsp3) is 0.250. The molecule has 0 atom stereocenters. The van der Waals surface area contributed by atoms with Crippen LogP contribution in [0.25, 0.3) is 86.2 Å². The first-order chi connectivity index (χ1) is 37.0. The topological polar surface area (TPSA) is 167 Å². The van der Waals surface area contributed by atoms with Crippen molar-refractivity contribution in [3.8, 4) is 0 Å². The van der Waals surface area contributed by atoms with Gasteiger partial charge in [0, 0.05) is 79.1 Å². The van der Waals surface area contributed by atoms with Gasteiger partial charge in [-0.2, -0.15) is 0 Å². The van der Waals surface area contributed by atoms with Gasteiger partial charge in [-0.3, -0.25) is 58.8 Å². The van der Waals surface area contributed by atoms with Crippen LogP contribution in [-0.2, 0) is 0 Å². The third-order valence-electron chi connectivity index (χ3n) is 16.6. The Balaban J connectivity index is 0.000000158. The number of hydrogen-bond acceptors (Lipinski definition) is 8. The molecule has 0 saturated heterocycles. The van der Waals surface area contributed by atoms with Crippen molar-refractivity contribution >= 4 is 133 Å². The van der Waals surface area contributed by atoms with Gasteiger partial charge < -0.3 is 0 Å². The molecule has 12 nitrogen and oxygen atoms in total. The number of nitrogens with one attached hydrogen (secondary N) is 2. The van der Waals surface area contributed by atoms with E-state index in [9.17, 15) is 38.4 Å². The zero-order valence-corrected chi connectivity index (χ0v) is 42.3. The molecular formula is C64H52N4O8. The Morgan fingerprint density at radius 2 is 0.474 bits per heavy atom. The second-order valence-corrected chi connectivity index (χ2v) is 20.9. The molecule has 12 heteroatoms. The standard InChI is InChI=1S/C40H42N2O4.C24H10N2O4/c1-3-5-7-9-11-13-23-41-37(43)29-19-15-25-27-17-21-31-36-32(40(46)42(39(31)45)24-14-12-10-8-6-4-2)22-18-28(34(27)36)26-16-20-30(38(41)44)35(29)33(25)26;27-21-13-5-1-9-10-2-6-15-20-16(24(30)26-23(15)29)8-4-12(18(10)20)11-3-7-14(22(28)25-21)19(13)17(9)11/h15-22H,3-14,23-24H2,1-2H3;1-8H,(H,25,27,28)(H,26,29,30). The predicted octanol–water partition coefficient (Wildman–Crippen LogP) is 13.2. The van der Waals surface area contributed by atoms with Gasteiger partial charge in [-0.25, -0.2) is 0 Å². The average molecular weight is 1010 g/mol. The van der Waals surface area contributed by atoms with Crippen LogP contribution in [0.2, 0.25) is 0 Å². The minimum atomic E-state index is -0.408. The largest absolute Gasteiger partial charge is 0.288 e. The van der Waals surface area contributed by atoms with E-state index in [2.05, 4.69) is 24.5 Å². The van der Waals surface area contributed by atoms with Gasteiger partial charge in [-0.1, -0.05) is 127 Å². The summed E-state index contributed by atoms with van der Waals surface area (Å²) >= 11 is 0. The van der Waals surface area contributed by atoms with Crippen molar-refractivity contribution in [3.05, 3.63) is 142 Å². The van der Waals surface area contributed by atoms with Crippen LogP contribution in [0.3, 0.4) is 0 Å². The van der Waals surface area contributed by atoms with Crippen LogP contribution in [0.4, 0.5) is 0 Å². The van der Waals surface area contributed by atoms with Gasteiger partial charge in [0.15, 0.2) is 0 Å². The lowest BCUT2D eigenvalue weighted by Crippen LogP contribution is -2.41. The van der Waals surface area contributed by atoms with E-state index in [1.54, 1.807) is 24.3 Å². The molecule has 76 heavy (non-hydrogen) atoms. The Labute approximate surface area is 436 Å². The molecule has 2 N–H and O–H groups in total. The van der Waals surface area contributed by atoms with Crippen molar-refractivity contribution in [2.45, 2.75) is 90.9 Å². The molecule has 0 aromatic heterocycles. The van der Waals surface area contributed by atoms with Gasteiger partial charge in [-0.15, -0.1) is 0 Å². The Morgan fingerprint density at radius 1 is 0.263 bits per heavy atom. The highest BCUT2D eigenvalue weighted by Crippen LogP contribution is 2.48. The molecule has 14 rings (SSSR count). The fourth-order valence-corrected chi connectivity index (χ4v) is 13.0. The molecule has 10 aromatic carbocycles. The van der Waals surface area contributed by atoms with Gasteiger partial charge in [0.1, 0.15) is 0 Å². The first kappa shape index (κ1) is 47.1. The van der Waals surface area contributed by atoms with Gasteiger partial charge >= 0.3 is 0 Å². The maximum atomic E-state index is 13.7. The number of amides is 8. The molecule has 0 unspecified atom stereocenters. The molecule has 376 valence electrons. The minimum Gasteiger partial charge on any atom is -0.288 e. The number of carbonyl (C=O) groups is 8. The Bertz CT molecular complexity index is 3780. The van der Waals surface area contributed by atoms with E-state index in [0.717, 1.165) is 103 Å². The number of rotatable bonds is 14. The summed E-state index contributed by atoms with van der Waals surface area (Å²) < 4.78 is 0. The van der Waals surface area contributed by atoms with E-state index in [-0.39, 0.29) is 23.6 Å². The Hall–Kier alpha value is -8.64. The molecule has 0 radical (unpaired) electrons. The average Bonchev–Trinajstić information content (AvgIpc) is 3.45. The predicted molar refractivity (Wildman–Crippen MR) is 296 cm³/mol. The number of fused-ring (bicyclic) bond motifs is 4. The summed E-state index contributed by atoms with van der Waals surface area (Å²) in [5.41, 5.74) is 4.11. The number of imide groups is 4. The van der Waals surface area contributed by atoms with Crippen molar-refractivity contribution in [1.29, 1.82) is 0 Å². The fourth-order valence-electron chi connectivity index (χ4n) is 13.0. The zero-order chi connectivity index (χ0) is 52.3. The van der Waals surface area contributed by atoms with Crippen LogP contribution in [-0.4, -0.2) is 70.1 Å². The van der Waals surface area contributed by atoms with Crippen LogP contribution in [0.1, 0.15) is 174 Å². The number of unbranched alkanes of at least 4 members (excludes halogenated alkanes) is 10. The highest BCUT2D eigenvalue weighted by atomic mass is 16.2. The lowest BCUT2D eigenvalue weighted by Gasteiger charge is -2.30. The summed E-state index contributed by atoms with van der Waals surface area (Å²) in [6.45, 7) is 5.24. The summed E-state index contributed by atoms with van der Waals surface area (Å²) in [4.78, 5) is 108. The van der Waals surface area contributed by atoms with Crippen LogP contribution in [0.5, 0.6) is 0 Å². The van der Waals surface area contributed by atoms with Crippen LogP contribution >= 0.6 is 0 Å². The first-order valence-electron chi connectivity index (χ1n) is 26.9. The smallest absolute Gasteiger partial charge is 0.261 e. The summed E-state index contributed by atoms with van der Waals surface area (Å²) in [7, 11) is 0. The molecule has 0 spiro atoms. The molecule has 10 aromatic rings. The summed E-state index contributed by atoms with van der Waals surface area (Å²) in [6.07, 6.45) is 13.0. The van der Waals surface area contributed by atoms with Gasteiger partial charge in [0.2, 0.25) is 0 Å². The first-order valence-corrected chi connectivity index (χ1v) is 26.9. The van der Waals surface area contributed by atoms with Crippen molar-refractivity contribution in [3.63, 3.8) is 0 Å². The van der Waals surface area contributed by atoms with Crippen LogP contribution in [0, 0.1) is 0 Å². The summed E-state index contributed by atoms with van der Waals surface area (Å²) in [5, 5.41) is 18.2. The maximum absolute atomic E-state index is 13.7. The van der Waals surface area contributed by atoms with Crippen LogP contribution < -0.4 is 10.6 Å². The second kappa shape index (κ2) is 18.0. The van der Waals surface area contributed by atoms with Crippen molar-refractivity contribution in [2.75, 3.05) is 13.1 Å². The van der Waals surface area contributed by atoms with E-state index >= 15 is 0 Å². The molecule has 8 amide bonds. The number of nitrogens with zero attached hydrogens (tertiary/aromatic N) is 2. The van der Waals surface area contributed by atoms with E-state index in [1.807, 2.05) is 72.8 Å². The van der Waals surface area contributed by atoms with Crippen molar-refractivity contribution < 1.29 is 38.4 Å². The summed E-state index contributed by atoms with van der Waals surface area (Å²) in [6, 6.07) is 29.7. The maximum Gasteiger partial charge on any atom is 0.261 e. The molecule has 4 aliphatic heterocycles. The molecule has 0 bridgehead atoms. The lowest BCUT2D eigenvalue weighted by atomic mass is 9.82. The number of carbonyl (C=O) groups excluding carboxylic acids is 8. The Kier molecular flexibility index (Phi) is 11.2. The third-order valence-corrected chi connectivity index (χ3v) is 16.6. The highest BCUT2D eigenvalue weighted by molar-refractivity contribution is 6.43. The van der Waals surface area contributed by atoms with E-state index in [4.69, 9.17) is 0 Å². The van der Waals surface area contributed by atoms with E-state index < -0.39 is 23.6 Å². The molecule has 0 fully saturated rings. The van der Waals surface area contributed by atoms with Gasteiger partial charge in [0.25, 0.3) is 47.3 Å². The second-order valence-electron chi connectivity index (χ2n) is 20.9. The number of benzene rings is 10. The van der Waals surface area contributed by atoms with E-state index in [1.165, 1.54) is 48.3 Å². The van der Waals surface area contributed by atoms with Crippen LogP contribution in [0.15, 0.2) is 97.1 Å². The highest BCUT2D eigenvalue weighted by Gasteiger charge is 2.37. The Morgan fingerprint density at radius 3 is 0.724 bits per heavy atom. The molecule has 0 aliphatic carbocycles. The molecular weight excluding hydrogens is 953 g/mol. The van der Waals surface area contributed by atoms with Crippen molar-refractivity contribution in [2.24, 2.45) is 0 Å². The lowest BCUT2D eigenvalue weighted by molar-refractivity contribution is 0.0592. The molecule has 4 aliphatic rings. The normalized spacial score (nSPS) is 15.0. The quantitative estimate of drug-likeness (QED) is 0.0470. The van der Waals surface area contributed by atoms with Crippen molar-refractivity contribution in [1.82, 2.24) is 20.4 Å². The van der Waals surface area contributed by atoms with Gasteiger partial charge in [0.05, 0.1) is 0 Å². The van der Waals surface area contributed by atoms with Gasteiger partial charge in [-0.05, 0) is 126 Å². The molecule has 4 heterocycles. The van der Waals surface area contributed by atoms with E-state index in [0.29, 0.717) is 79.1 Å². The zero-order valence-electron chi connectivity index (χ0n) is 42.3. The monoisotopic (exact) mass is 1000 g/mol. The minimum absolute atomic E-state index is 0.229. The third kappa shape index (κ3) is 6.81. The SMILES string of the molecule is CCCCCCCCN1C(=O)c2ccc3c4ccc5c6c(ccc(c7ccc(c2c37)C1=O)c64)C(=O)N(CCCCCCCC)C5=O.O=C1NC(=O)c2ccc3c4ccc5c6c(ccc(c7ccc1c2c73)c64)C(=O)NC5=O. The summed E-state index contributed by atoms with van der Waals surface area (Å²) in [5.74, 6) is -2.55. The molecule has 0 saturated carbocycles. The number of hydrogen-bond donors (Lipinski definition) is 2.